The fraction of sp³-hybridized carbons (Fsp3) is 0.103. The van der Waals surface area contributed by atoms with Crippen LogP contribution in [0.15, 0.2) is 137 Å². The van der Waals surface area contributed by atoms with Crippen LogP contribution in [-0.4, -0.2) is 15.0 Å². The summed E-state index contributed by atoms with van der Waals surface area (Å²) in [5.74, 6) is 0. The van der Waals surface area contributed by atoms with Crippen LogP contribution < -0.4 is 0 Å². The largest absolute Gasteiger partial charge is 0.356 e. The SMILES string of the molecule is C/C(=C\S(=O)(=O)c1ccccc1)COC(c1ccccc1)(c1ccccc1)c1ccccc1. The summed E-state index contributed by atoms with van der Waals surface area (Å²) in [6.45, 7) is 1.93. The van der Waals surface area contributed by atoms with Crippen molar-refractivity contribution in [3.8, 4) is 0 Å². The summed E-state index contributed by atoms with van der Waals surface area (Å²) in [7, 11) is -3.56. The maximum Gasteiger partial charge on any atom is 0.199 e. The molecule has 0 bridgehead atoms. The second-order valence-electron chi connectivity index (χ2n) is 7.89. The molecule has 0 aliphatic rings. The molecule has 0 aliphatic carbocycles. The van der Waals surface area contributed by atoms with E-state index in [9.17, 15) is 8.42 Å². The highest BCUT2D eigenvalue weighted by Gasteiger charge is 2.37. The molecule has 4 aromatic rings. The molecule has 33 heavy (non-hydrogen) atoms. The molecule has 0 radical (unpaired) electrons. The van der Waals surface area contributed by atoms with Gasteiger partial charge in [0.2, 0.25) is 0 Å². The molecular formula is C29H26O3S. The maximum absolute atomic E-state index is 12.8. The zero-order chi connectivity index (χ0) is 23.2. The lowest BCUT2D eigenvalue weighted by Gasteiger charge is -2.36. The zero-order valence-electron chi connectivity index (χ0n) is 18.5. The van der Waals surface area contributed by atoms with Crippen LogP contribution >= 0.6 is 0 Å². The van der Waals surface area contributed by atoms with E-state index >= 15 is 0 Å². The van der Waals surface area contributed by atoms with Gasteiger partial charge in [-0.2, -0.15) is 0 Å². The third kappa shape index (κ3) is 4.98. The first-order chi connectivity index (χ1) is 16.0. The summed E-state index contributed by atoms with van der Waals surface area (Å²) < 4.78 is 32.4. The summed E-state index contributed by atoms with van der Waals surface area (Å²) in [5, 5.41) is 1.30. The van der Waals surface area contributed by atoms with Crippen molar-refractivity contribution in [3.05, 3.63) is 149 Å². The van der Waals surface area contributed by atoms with Crippen molar-refractivity contribution in [2.24, 2.45) is 0 Å². The van der Waals surface area contributed by atoms with E-state index in [0.29, 0.717) is 5.57 Å². The van der Waals surface area contributed by atoms with Gasteiger partial charge in [0.05, 0.1) is 11.5 Å². The number of hydrogen-bond acceptors (Lipinski definition) is 3. The Labute approximate surface area is 195 Å². The van der Waals surface area contributed by atoms with Crippen molar-refractivity contribution in [1.82, 2.24) is 0 Å². The Bertz CT molecular complexity index is 1200. The molecule has 0 atom stereocenters. The lowest BCUT2D eigenvalue weighted by atomic mass is 9.80. The number of rotatable bonds is 8. The van der Waals surface area contributed by atoms with Crippen molar-refractivity contribution in [1.29, 1.82) is 0 Å². The van der Waals surface area contributed by atoms with Crippen molar-refractivity contribution in [3.63, 3.8) is 0 Å². The van der Waals surface area contributed by atoms with E-state index < -0.39 is 15.4 Å². The summed E-state index contributed by atoms with van der Waals surface area (Å²) >= 11 is 0. The first-order valence-electron chi connectivity index (χ1n) is 10.8. The van der Waals surface area contributed by atoms with Gasteiger partial charge in [-0.15, -0.1) is 0 Å². The first kappa shape index (κ1) is 22.7. The van der Waals surface area contributed by atoms with Crippen molar-refractivity contribution in [2.45, 2.75) is 17.4 Å². The van der Waals surface area contributed by atoms with Gasteiger partial charge in [0.15, 0.2) is 9.84 Å². The Balaban J connectivity index is 1.78. The maximum atomic E-state index is 12.8. The molecule has 0 unspecified atom stereocenters. The van der Waals surface area contributed by atoms with Crippen LogP contribution in [0, 0.1) is 0 Å². The predicted molar refractivity (Wildman–Crippen MR) is 133 cm³/mol. The molecule has 4 rings (SSSR count). The van der Waals surface area contributed by atoms with E-state index in [1.54, 1.807) is 37.3 Å². The third-order valence-electron chi connectivity index (χ3n) is 5.49. The summed E-state index contributed by atoms with van der Waals surface area (Å²) in [6.07, 6.45) is 0. The highest BCUT2D eigenvalue weighted by atomic mass is 32.2. The summed E-state index contributed by atoms with van der Waals surface area (Å²) in [6, 6.07) is 38.5. The van der Waals surface area contributed by atoms with Crippen LogP contribution in [-0.2, 0) is 20.2 Å². The van der Waals surface area contributed by atoms with Gasteiger partial charge in [-0.1, -0.05) is 109 Å². The Morgan fingerprint density at radius 3 is 1.42 bits per heavy atom. The molecule has 0 amide bonds. The average molecular weight is 455 g/mol. The molecule has 0 heterocycles. The van der Waals surface area contributed by atoms with E-state index in [4.69, 9.17) is 4.74 Å². The number of ether oxygens (including phenoxy) is 1. The van der Waals surface area contributed by atoms with Gasteiger partial charge < -0.3 is 4.74 Å². The minimum absolute atomic E-state index is 0.144. The number of benzene rings is 4. The van der Waals surface area contributed by atoms with Gasteiger partial charge in [-0.05, 0) is 41.3 Å². The Kier molecular flexibility index (Phi) is 6.87. The standard InChI is InChI=1S/C29H26O3S/c1-24(23-33(30,31)28-20-12-5-13-21-28)22-32-29(25-14-6-2-7-15-25,26-16-8-3-9-17-26)27-18-10-4-11-19-27/h2-21,23H,22H2,1H3/b24-23+. The molecule has 166 valence electrons. The van der Waals surface area contributed by atoms with Crippen LogP contribution in [0.5, 0.6) is 0 Å². The molecule has 4 aromatic carbocycles. The second-order valence-corrected chi connectivity index (χ2v) is 9.69. The predicted octanol–water partition coefficient (Wildman–Crippen LogP) is 6.37. The van der Waals surface area contributed by atoms with Gasteiger partial charge in [0.25, 0.3) is 0 Å². The Morgan fingerprint density at radius 1 is 0.667 bits per heavy atom. The molecule has 0 N–H and O–H groups in total. The van der Waals surface area contributed by atoms with E-state index in [1.165, 1.54) is 5.41 Å². The summed E-state index contributed by atoms with van der Waals surface area (Å²) in [5.41, 5.74) is 2.64. The monoisotopic (exact) mass is 454 g/mol. The van der Waals surface area contributed by atoms with Crippen LogP contribution in [0.25, 0.3) is 0 Å². The fourth-order valence-corrected chi connectivity index (χ4v) is 5.24. The molecular weight excluding hydrogens is 428 g/mol. The first-order valence-corrected chi connectivity index (χ1v) is 12.3. The minimum Gasteiger partial charge on any atom is -0.356 e. The van der Waals surface area contributed by atoms with Gasteiger partial charge in [-0.25, -0.2) is 8.42 Å². The molecule has 0 spiro atoms. The van der Waals surface area contributed by atoms with Gasteiger partial charge in [0, 0.05) is 5.41 Å². The Hall–Kier alpha value is -3.47. The minimum atomic E-state index is -3.56. The third-order valence-corrected chi connectivity index (χ3v) is 7.13. The van der Waals surface area contributed by atoms with Crippen LogP contribution in [0.1, 0.15) is 23.6 Å². The highest BCUT2D eigenvalue weighted by molar-refractivity contribution is 7.94. The van der Waals surface area contributed by atoms with Crippen molar-refractivity contribution >= 4 is 9.84 Å². The van der Waals surface area contributed by atoms with Crippen LogP contribution in [0.3, 0.4) is 0 Å². The van der Waals surface area contributed by atoms with E-state index in [0.717, 1.165) is 16.7 Å². The molecule has 4 heteroatoms. The lowest BCUT2D eigenvalue weighted by molar-refractivity contribution is 0.0279. The van der Waals surface area contributed by atoms with Gasteiger partial charge in [0.1, 0.15) is 5.60 Å². The van der Waals surface area contributed by atoms with Crippen LogP contribution in [0.2, 0.25) is 0 Å². The lowest BCUT2D eigenvalue weighted by Crippen LogP contribution is -2.33. The highest BCUT2D eigenvalue weighted by Crippen LogP contribution is 2.40. The number of hydrogen-bond donors (Lipinski definition) is 0. The second kappa shape index (κ2) is 9.99. The molecule has 0 saturated carbocycles. The zero-order valence-corrected chi connectivity index (χ0v) is 19.3. The van der Waals surface area contributed by atoms with Crippen LogP contribution in [0.4, 0.5) is 0 Å². The molecule has 3 nitrogen and oxygen atoms in total. The molecule has 0 aliphatic heterocycles. The molecule has 0 fully saturated rings. The van der Waals surface area contributed by atoms with Crippen molar-refractivity contribution in [2.75, 3.05) is 6.61 Å². The smallest absolute Gasteiger partial charge is 0.199 e. The molecule has 0 aromatic heterocycles. The molecule has 0 saturated heterocycles. The normalized spacial score (nSPS) is 12.5. The Morgan fingerprint density at radius 2 is 1.03 bits per heavy atom. The van der Waals surface area contributed by atoms with E-state index in [2.05, 4.69) is 0 Å². The fourth-order valence-electron chi connectivity index (χ4n) is 3.97. The summed E-state index contributed by atoms with van der Waals surface area (Å²) in [4.78, 5) is 0.268. The van der Waals surface area contributed by atoms with Gasteiger partial charge >= 0.3 is 0 Å². The van der Waals surface area contributed by atoms with Gasteiger partial charge in [-0.3, -0.25) is 0 Å². The van der Waals surface area contributed by atoms with E-state index in [1.807, 2.05) is 91.0 Å². The average Bonchev–Trinajstić information content (AvgIpc) is 2.87. The topological polar surface area (TPSA) is 43.4 Å². The van der Waals surface area contributed by atoms with E-state index in [-0.39, 0.29) is 11.5 Å². The van der Waals surface area contributed by atoms with Crippen molar-refractivity contribution < 1.29 is 13.2 Å². The quantitative estimate of drug-likeness (QED) is 0.290. The number of sulfone groups is 1.